The number of carbonyl (C=O) groups is 2. The number of nitrogens with zero attached hydrogens (tertiary/aromatic N) is 3. The number of hydrogen-bond acceptors (Lipinski definition) is 5. The van der Waals surface area contributed by atoms with E-state index in [1.165, 1.54) is 11.1 Å². The van der Waals surface area contributed by atoms with Crippen LogP contribution in [0.25, 0.3) is 0 Å². The minimum Gasteiger partial charge on any atom is -0.364 e. The fraction of sp³-hybridized carbons (Fsp3) is 0.458. The zero-order valence-corrected chi connectivity index (χ0v) is 18.4. The zero-order valence-electron chi connectivity index (χ0n) is 18.4. The molecule has 7 nitrogen and oxygen atoms in total. The zero-order chi connectivity index (χ0) is 22.1. The summed E-state index contributed by atoms with van der Waals surface area (Å²) in [5, 5.41) is 12.8. The molecule has 1 unspecified atom stereocenters. The molecule has 0 aliphatic carbocycles. The molecular formula is C24H31N5O2. The van der Waals surface area contributed by atoms with Crippen LogP contribution in [0.3, 0.4) is 0 Å². The molecule has 0 saturated heterocycles. The second-order valence-electron chi connectivity index (χ2n) is 8.15. The molecule has 1 aromatic carbocycles. The summed E-state index contributed by atoms with van der Waals surface area (Å²) in [4.78, 5) is 27.8. The quantitative estimate of drug-likeness (QED) is 0.240. The Morgan fingerprint density at radius 3 is 2.52 bits per heavy atom. The van der Waals surface area contributed by atoms with Gasteiger partial charge in [0.2, 0.25) is 11.6 Å². The summed E-state index contributed by atoms with van der Waals surface area (Å²) in [6, 6.07) is 10.8. The van der Waals surface area contributed by atoms with E-state index < -0.39 is 11.6 Å². The van der Waals surface area contributed by atoms with Crippen molar-refractivity contribution >= 4 is 11.6 Å². The molecule has 0 radical (unpaired) electrons. The number of tetrazole rings is 1. The van der Waals surface area contributed by atoms with Crippen LogP contribution in [0.4, 0.5) is 0 Å². The lowest BCUT2D eigenvalue weighted by Gasteiger charge is -2.18. The molecule has 2 N–H and O–H groups in total. The third-order valence-corrected chi connectivity index (χ3v) is 5.74. The van der Waals surface area contributed by atoms with Crippen molar-refractivity contribution in [2.45, 2.75) is 71.1 Å². The van der Waals surface area contributed by atoms with Gasteiger partial charge in [-0.2, -0.15) is 5.21 Å². The Morgan fingerprint density at radius 1 is 1.03 bits per heavy atom. The molecule has 0 saturated carbocycles. The number of H-pyrrole nitrogens is 2. The molecule has 0 aliphatic heterocycles. The fourth-order valence-corrected chi connectivity index (χ4v) is 3.96. The first-order valence-electron chi connectivity index (χ1n) is 11.1. The molecule has 3 aromatic rings. The molecule has 7 heteroatoms. The normalized spacial score (nSPS) is 12.1. The van der Waals surface area contributed by atoms with Gasteiger partial charge < -0.3 is 4.98 Å². The van der Waals surface area contributed by atoms with Gasteiger partial charge in [0.1, 0.15) is 0 Å². The summed E-state index contributed by atoms with van der Waals surface area (Å²) in [5.41, 5.74) is 4.64. The number of aromatic nitrogens is 5. The number of unbranched alkanes of at least 4 members (excludes halogenated alkanes) is 2. The first-order valence-corrected chi connectivity index (χ1v) is 11.1. The summed E-state index contributed by atoms with van der Waals surface area (Å²) in [6.07, 6.45) is 9.67. The van der Waals surface area contributed by atoms with Crippen molar-refractivity contribution in [3.63, 3.8) is 0 Å². The number of carbonyl (C=O) groups excluding carboxylic acids is 2. The van der Waals surface area contributed by atoms with Crippen LogP contribution in [0, 0.1) is 6.92 Å². The van der Waals surface area contributed by atoms with Gasteiger partial charge in [-0.15, -0.1) is 10.2 Å². The minimum absolute atomic E-state index is 0.0295. The molecule has 1 atom stereocenters. The summed E-state index contributed by atoms with van der Waals surface area (Å²) in [7, 11) is 0. The third-order valence-electron chi connectivity index (χ3n) is 5.74. The van der Waals surface area contributed by atoms with E-state index >= 15 is 0 Å². The van der Waals surface area contributed by atoms with Crippen LogP contribution < -0.4 is 0 Å². The van der Waals surface area contributed by atoms with E-state index in [4.69, 9.17) is 0 Å². The smallest absolute Gasteiger partial charge is 0.269 e. The molecule has 0 fully saturated rings. The van der Waals surface area contributed by atoms with Crippen LogP contribution in [0.5, 0.6) is 0 Å². The molecule has 0 bridgehead atoms. The van der Waals surface area contributed by atoms with Gasteiger partial charge in [-0.1, -0.05) is 56.0 Å². The van der Waals surface area contributed by atoms with Crippen molar-refractivity contribution in [2.24, 2.45) is 0 Å². The van der Waals surface area contributed by atoms with Crippen LogP contribution in [0.2, 0.25) is 0 Å². The van der Waals surface area contributed by atoms with Crippen LogP contribution in [0.15, 0.2) is 36.5 Å². The lowest BCUT2D eigenvalue weighted by Crippen LogP contribution is -2.19. The van der Waals surface area contributed by atoms with Gasteiger partial charge in [0.15, 0.2) is 0 Å². The Bertz CT molecular complexity index is 960. The predicted octanol–water partition coefficient (Wildman–Crippen LogP) is 4.52. The van der Waals surface area contributed by atoms with Gasteiger partial charge in [0.25, 0.3) is 5.78 Å². The first kappa shape index (κ1) is 22.6. The standard InChI is InChI=1S/C24H31N5O2/c1-3-4-8-19(9-6-5-7-18-12-10-17(2)11-13-18)20-14-15-25-21(20)16-22(30)23(31)24-26-28-29-27-24/h10-15,19,25H,3-9,16H2,1-2H3,(H,26,27,28,29). The number of aromatic amines is 2. The highest BCUT2D eigenvalue weighted by atomic mass is 16.2. The summed E-state index contributed by atoms with van der Waals surface area (Å²) in [6.45, 7) is 4.30. The number of hydrogen-bond donors (Lipinski definition) is 2. The van der Waals surface area contributed by atoms with Crippen molar-refractivity contribution in [3.8, 4) is 0 Å². The molecule has 3 rings (SSSR count). The number of benzene rings is 1. The largest absolute Gasteiger partial charge is 0.364 e. The summed E-state index contributed by atoms with van der Waals surface area (Å²) < 4.78 is 0. The average molecular weight is 422 g/mol. The van der Waals surface area contributed by atoms with E-state index in [2.05, 4.69) is 69.8 Å². The molecule has 0 amide bonds. The lowest BCUT2D eigenvalue weighted by molar-refractivity contribution is -0.114. The van der Waals surface area contributed by atoms with Crippen LogP contribution in [0.1, 0.15) is 84.4 Å². The number of rotatable bonds is 13. The topological polar surface area (TPSA) is 104 Å². The fourth-order valence-electron chi connectivity index (χ4n) is 3.96. The van der Waals surface area contributed by atoms with Crippen molar-refractivity contribution < 1.29 is 9.59 Å². The van der Waals surface area contributed by atoms with E-state index in [1.54, 1.807) is 0 Å². The Balaban J connectivity index is 1.59. The van der Waals surface area contributed by atoms with Crippen LogP contribution in [-0.2, 0) is 17.6 Å². The Morgan fingerprint density at radius 2 is 1.81 bits per heavy atom. The molecule has 164 valence electrons. The van der Waals surface area contributed by atoms with Crippen LogP contribution in [-0.4, -0.2) is 37.2 Å². The van der Waals surface area contributed by atoms with Crippen molar-refractivity contribution in [1.29, 1.82) is 0 Å². The molecule has 0 spiro atoms. The number of nitrogens with one attached hydrogen (secondary N) is 2. The highest BCUT2D eigenvalue weighted by molar-refractivity contribution is 6.43. The predicted molar refractivity (Wildman–Crippen MR) is 119 cm³/mol. The Kier molecular flexibility index (Phi) is 8.27. The highest BCUT2D eigenvalue weighted by Crippen LogP contribution is 2.30. The van der Waals surface area contributed by atoms with E-state index in [-0.39, 0.29) is 12.2 Å². The SMILES string of the molecule is CCCCC(CCCCc1ccc(C)cc1)c1cc[nH]c1CC(=O)C(=O)c1nn[nH]n1. The van der Waals surface area contributed by atoms with Gasteiger partial charge in [-0.25, -0.2) is 0 Å². The maximum atomic E-state index is 12.4. The molecular weight excluding hydrogens is 390 g/mol. The Labute approximate surface area is 183 Å². The van der Waals surface area contributed by atoms with E-state index in [0.29, 0.717) is 5.92 Å². The highest BCUT2D eigenvalue weighted by Gasteiger charge is 2.24. The maximum Gasteiger partial charge on any atom is 0.269 e. The van der Waals surface area contributed by atoms with E-state index in [9.17, 15) is 9.59 Å². The van der Waals surface area contributed by atoms with Crippen molar-refractivity contribution in [2.75, 3.05) is 0 Å². The van der Waals surface area contributed by atoms with Gasteiger partial charge >= 0.3 is 0 Å². The minimum atomic E-state index is -0.711. The molecule has 2 aromatic heterocycles. The molecule has 31 heavy (non-hydrogen) atoms. The Hall–Kier alpha value is -3.09. The monoisotopic (exact) mass is 421 g/mol. The number of aryl methyl sites for hydroxylation is 2. The summed E-state index contributed by atoms with van der Waals surface area (Å²) >= 11 is 0. The second-order valence-corrected chi connectivity index (χ2v) is 8.15. The molecule has 2 heterocycles. The third kappa shape index (κ3) is 6.44. The second kappa shape index (κ2) is 11.3. The maximum absolute atomic E-state index is 12.4. The number of ketones is 2. The van der Waals surface area contributed by atoms with Gasteiger partial charge in [0.05, 0.1) is 6.42 Å². The van der Waals surface area contributed by atoms with Gasteiger partial charge in [-0.3, -0.25) is 9.59 Å². The van der Waals surface area contributed by atoms with Gasteiger partial charge in [-0.05, 0) is 60.9 Å². The average Bonchev–Trinajstić information content (AvgIpc) is 3.46. The molecule has 0 aliphatic rings. The van der Waals surface area contributed by atoms with Gasteiger partial charge in [0, 0.05) is 11.9 Å². The summed E-state index contributed by atoms with van der Waals surface area (Å²) in [5.74, 6) is -1.04. The van der Waals surface area contributed by atoms with Crippen molar-refractivity contribution in [3.05, 3.63) is 64.7 Å². The first-order chi connectivity index (χ1) is 15.1. The van der Waals surface area contributed by atoms with E-state index in [0.717, 1.165) is 56.2 Å². The number of Topliss-reactive ketones (excluding diaryl/α,β-unsaturated/α-hetero) is 2. The van der Waals surface area contributed by atoms with E-state index in [1.807, 2.05) is 6.20 Å². The van der Waals surface area contributed by atoms with Crippen molar-refractivity contribution in [1.82, 2.24) is 25.6 Å². The van der Waals surface area contributed by atoms with Crippen LogP contribution >= 0.6 is 0 Å². The lowest BCUT2D eigenvalue weighted by atomic mass is 9.87.